The van der Waals surface area contributed by atoms with Gasteiger partial charge in [0.25, 0.3) is 5.91 Å². The SMILES string of the molecule is NNC(=O)c1ccc(CN2CCN3C(=O)NCC3C2)cc1. The Labute approximate surface area is 123 Å². The van der Waals surface area contributed by atoms with Crippen LogP contribution >= 0.6 is 0 Å². The molecule has 0 saturated carbocycles. The summed E-state index contributed by atoms with van der Waals surface area (Å²) in [4.78, 5) is 27.2. The number of benzene rings is 1. The molecule has 0 aromatic heterocycles. The third kappa shape index (κ3) is 2.84. The number of amides is 3. The van der Waals surface area contributed by atoms with Crippen LogP contribution in [-0.2, 0) is 6.54 Å². The molecule has 2 fully saturated rings. The fourth-order valence-electron chi connectivity index (χ4n) is 2.92. The van der Waals surface area contributed by atoms with Gasteiger partial charge in [-0.05, 0) is 17.7 Å². The largest absolute Gasteiger partial charge is 0.336 e. The molecule has 1 unspecified atom stereocenters. The summed E-state index contributed by atoms with van der Waals surface area (Å²) in [5.74, 6) is 4.82. The Morgan fingerprint density at radius 3 is 2.81 bits per heavy atom. The van der Waals surface area contributed by atoms with Crippen molar-refractivity contribution in [2.45, 2.75) is 12.6 Å². The van der Waals surface area contributed by atoms with Gasteiger partial charge in [0.1, 0.15) is 0 Å². The number of urea groups is 1. The van der Waals surface area contributed by atoms with Crippen molar-refractivity contribution >= 4 is 11.9 Å². The summed E-state index contributed by atoms with van der Waals surface area (Å²) in [7, 11) is 0. The smallest absolute Gasteiger partial charge is 0.317 e. The Hall–Kier alpha value is -2.12. The summed E-state index contributed by atoms with van der Waals surface area (Å²) < 4.78 is 0. The zero-order valence-corrected chi connectivity index (χ0v) is 11.7. The van der Waals surface area contributed by atoms with E-state index < -0.39 is 0 Å². The van der Waals surface area contributed by atoms with Crippen LogP contribution in [0.5, 0.6) is 0 Å². The lowest BCUT2D eigenvalue weighted by atomic mass is 10.1. The minimum atomic E-state index is -0.286. The molecular weight excluding hydrogens is 270 g/mol. The van der Waals surface area contributed by atoms with E-state index in [0.717, 1.165) is 38.3 Å². The molecule has 3 amide bonds. The van der Waals surface area contributed by atoms with E-state index >= 15 is 0 Å². The molecule has 21 heavy (non-hydrogen) atoms. The summed E-state index contributed by atoms with van der Waals surface area (Å²) in [5, 5.41) is 2.88. The maximum atomic E-state index is 11.6. The number of hydrogen-bond acceptors (Lipinski definition) is 4. The van der Waals surface area contributed by atoms with Crippen LogP contribution in [0.1, 0.15) is 15.9 Å². The van der Waals surface area contributed by atoms with E-state index in [1.54, 1.807) is 12.1 Å². The third-order valence-corrected chi connectivity index (χ3v) is 4.07. The van der Waals surface area contributed by atoms with Crippen LogP contribution in [-0.4, -0.2) is 54.0 Å². The van der Waals surface area contributed by atoms with E-state index in [1.165, 1.54) is 0 Å². The first-order chi connectivity index (χ1) is 10.2. The second-order valence-corrected chi connectivity index (χ2v) is 5.44. The zero-order valence-electron chi connectivity index (χ0n) is 11.7. The lowest BCUT2D eigenvalue weighted by molar-refractivity contribution is 0.0953. The Morgan fingerprint density at radius 2 is 2.10 bits per heavy atom. The summed E-state index contributed by atoms with van der Waals surface area (Å²) in [6.45, 7) is 4.07. The summed E-state index contributed by atoms with van der Waals surface area (Å²) >= 11 is 0. The van der Waals surface area contributed by atoms with Crippen LogP contribution in [0.4, 0.5) is 4.79 Å². The van der Waals surface area contributed by atoms with Gasteiger partial charge < -0.3 is 10.2 Å². The van der Waals surface area contributed by atoms with Crippen molar-refractivity contribution in [3.05, 3.63) is 35.4 Å². The predicted molar refractivity (Wildman–Crippen MR) is 77.3 cm³/mol. The molecule has 4 N–H and O–H groups in total. The number of fused-ring (bicyclic) bond motifs is 1. The number of nitrogens with two attached hydrogens (primary N) is 1. The molecule has 1 aromatic rings. The molecule has 2 aliphatic heterocycles. The molecule has 2 aliphatic rings. The second-order valence-electron chi connectivity index (χ2n) is 5.44. The van der Waals surface area contributed by atoms with Crippen LogP contribution in [0.25, 0.3) is 0 Å². The van der Waals surface area contributed by atoms with E-state index in [9.17, 15) is 9.59 Å². The third-order valence-electron chi connectivity index (χ3n) is 4.07. The normalized spacial score (nSPS) is 21.9. The number of piperazine rings is 1. The highest BCUT2D eigenvalue weighted by atomic mass is 16.2. The van der Waals surface area contributed by atoms with Gasteiger partial charge in [-0.2, -0.15) is 0 Å². The van der Waals surface area contributed by atoms with E-state index in [2.05, 4.69) is 15.6 Å². The minimum absolute atomic E-state index is 0.0526. The van der Waals surface area contributed by atoms with Crippen LogP contribution in [0.15, 0.2) is 24.3 Å². The number of hydrogen-bond donors (Lipinski definition) is 3. The highest BCUT2D eigenvalue weighted by Crippen LogP contribution is 2.16. The Morgan fingerprint density at radius 1 is 1.33 bits per heavy atom. The molecule has 2 heterocycles. The van der Waals surface area contributed by atoms with Crippen LogP contribution < -0.4 is 16.6 Å². The van der Waals surface area contributed by atoms with Crippen LogP contribution in [0, 0.1) is 0 Å². The monoisotopic (exact) mass is 289 g/mol. The molecular formula is C14H19N5O2. The summed E-state index contributed by atoms with van der Waals surface area (Å²) in [6.07, 6.45) is 0. The highest BCUT2D eigenvalue weighted by Gasteiger charge is 2.35. The predicted octanol–water partition coefficient (Wildman–Crippen LogP) is -0.500. The summed E-state index contributed by atoms with van der Waals surface area (Å²) in [5.41, 5.74) is 3.82. The van der Waals surface area contributed by atoms with Gasteiger partial charge >= 0.3 is 6.03 Å². The molecule has 1 aromatic carbocycles. The first-order valence-electron chi connectivity index (χ1n) is 7.04. The second kappa shape index (κ2) is 5.71. The Kier molecular flexibility index (Phi) is 3.76. The molecule has 0 spiro atoms. The van der Waals surface area contributed by atoms with Gasteiger partial charge in [0, 0.05) is 38.3 Å². The minimum Gasteiger partial charge on any atom is -0.336 e. The fourth-order valence-corrected chi connectivity index (χ4v) is 2.92. The number of nitrogens with one attached hydrogen (secondary N) is 2. The van der Waals surface area contributed by atoms with E-state index in [4.69, 9.17) is 5.84 Å². The van der Waals surface area contributed by atoms with Gasteiger partial charge in [0.2, 0.25) is 0 Å². The van der Waals surface area contributed by atoms with Gasteiger partial charge in [-0.1, -0.05) is 12.1 Å². The maximum Gasteiger partial charge on any atom is 0.317 e. The first-order valence-corrected chi connectivity index (χ1v) is 7.04. The molecule has 0 aliphatic carbocycles. The lowest BCUT2D eigenvalue weighted by Gasteiger charge is -2.36. The van der Waals surface area contributed by atoms with E-state index in [-0.39, 0.29) is 18.0 Å². The molecule has 0 bridgehead atoms. The quantitative estimate of drug-likeness (QED) is 0.397. The van der Waals surface area contributed by atoms with Crippen molar-refractivity contribution < 1.29 is 9.59 Å². The van der Waals surface area contributed by atoms with Crippen molar-refractivity contribution in [3.8, 4) is 0 Å². The number of rotatable bonds is 3. The molecule has 3 rings (SSSR count). The average molecular weight is 289 g/mol. The van der Waals surface area contributed by atoms with Crippen LogP contribution in [0.3, 0.4) is 0 Å². The van der Waals surface area contributed by atoms with Crippen molar-refractivity contribution in [2.24, 2.45) is 5.84 Å². The van der Waals surface area contributed by atoms with Crippen LogP contribution in [0.2, 0.25) is 0 Å². The summed E-state index contributed by atoms with van der Waals surface area (Å²) in [6, 6.07) is 7.75. The first kappa shape index (κ1) is 13.8. The van der Waals surface area contributed by atoms with E-state index in [0.29, 0.717) is 5.56 Å². The Balaban J connectivity index is 1.60. The molecule has 7 heteroatoms. The number of carbonyl (C=O) groups excluding carboxylic acids is 2. The van der Waals surface area contributed by atoms with Gasteiger partial charge in [0.05, 0.1) is 6.04 Å². The lowest BCUT2D eigenvalue weighted by Crippen LogP contribution is -2.51. The maximum absolute atomic E-state index is 11.6. The molecule has 1 atom stereocenters. The standard InChI is InChI=1S/C14H19N5O2/c15-17-13(20)11-3-1-10(2-4-11)8-18-5-6-19-12(9-18)7-16-14(19)21/h1-4,12H,5-9,15H2,(H,16,21)(H,17,20). The molecule has 2 saturated heterocycles. The van der Waals surface area contributed by atoms with E-state index in [1.807, 2.05) is 17.0 Å². The van der Waals surface area contributed by atoms with Gasteiger partial charge in [-0.3, -0.25) is 15.1 Å². The van der Waals surface area contributed by atoms with Crippen molar-refractivity contribution in [1.29, 1.82) is 0 Å². The number of nitrogens with zero attached hydrogens (tertiary/aromatic N) is 2. The number of nitrogen functional groups attached to an aromatic ring is 1. The number of hydrazine groups is 1. The zero-order chi connectivity index (χ0) is 14.8. The Bertz CT molecular complexity index is 545. The molecule has 112 valence electrons. The fraction of sp³-hybridized carbons (Fsp3) is 0.429. The van der Waals surface area contributed by atoms with Gasteiger partial charge in [-0.25, -0.2) is 10.6 Å². The van der Waals surface area contributed by atoms with Gasteiger partial charge in [0.15, 0.2) is 0 Å². The van der Waals surface area contributed by atoms with Crippen molar-refractivity contribution in [1.82, 2.24) is 20.5 Å². The highest BCUT2D eigenvalue weighted by molar-refractivity contribution is 5.93. The topological polar surface area (TPSA) is 90.7 Å². The van der Waals surface area contributed by atoms with Crippen molar-refractivity contribution in [3.63, 3.8) is 0 Å². The van der Waals surface area contributed by atoms with Gasteiger partial charge in [-0.15, -0.1) is 0 Å². The molecule has 7 nitrogen and oxygen atoms in total. The molecule has 0 radical (unpaired) electrons. The average Bonchev–Trinajstić information content (AvgIpc) is 2.88. The number of carbonyl (C=O) groups is 2. The van der Waals surface area contributed by atoms with Crippen molar-refractivity contribution in [2.75, 3.05) is 26.2 Å².